The standard InChI is InChI=1S/C70H87F2N13O11S2/c1-4-40(2)61-66(93)81-55(29-41-14-18-48(86)19-15-41)68(95)85-26-9-23-70(85,3)69(96)82-57(62(74)89)39-98-38-43-11-7-10-42(28-43)37-97-27-22-59(87)78-53(12-5-6-24-73)63(90)77-36-60(88)79-54(30-44-34-75-51-20-16-46(71)32-49(44)51)64(91)80-56(67(94)84-25-8-13-58(84)65(92)83-61)31-45-35-76-52-21-17-47(72)33-50(45)52/h7,10-11,14-21,28,32-35,40,53-58,61,75-76,86H,4-6,8-9,12-13,22-27,29-31,36-39,73H2,1-3H3,(H2,74,89)(H,77,90)(H,78,87)(H,79,88)(H,80,91)(H,81,93)(H,82,96)(H,83,92)/t40-,53-,54-,55-,56-,57-,58-,61-,70-/m0/s1. The van der Waals surface area contributed by atoms with Gasteiger partial charge in [0.05, 0.1) is 6.54 Å². The van der Waals surface area contributed by atoms with Crippen LogP contribution in [-0.4, -0.2) is 169 Å². The Balaban J connectivity index is 1.04. The summed E-state index contributed by atoms with van der Waals surface area (Å²) in [4.78, 5) is 154. The number of halogens is 2. The lowest BCUT2D eigenvalue weighted by molar-refractivity contribution is -0.147. The molecule has 2 aromatic heterocycles. The molecule has 10 amide bonds. The first-order valence-corrected chi connectivity index (χ1v) is 35.5. The molecule has 2 saturated heterocycles. The van der Waals surface area contributed by atoms with Gasteiger partial charge in [-0.15, -0.1) is 0 Å². The van der Waals surface area contributed by atoms with E-state index in [9.17, 15) is 42.7 Å². The molecule has 98 heavy (non-hydrogen) atoms. The van der Waals surface area contributed by atoms with E-state index < -0.39 is 131 Å². The maximum Gasteiger partial charge on any atom is 0.246 e. The Labute approximate surface area is 575 Å². The van der Waals surface area contributed by atoms with E-state index in [1.807, 2.05) is 31.2 Å². The van der Waals surface area contributed by atoms with E-state index >= 15 is 19.2 Å². The van der Waals surface area contributed by atoms with Crippen LogP contribution in [0.1, 0.15) is 106 Å². The van der Waals surface area contributed by atoms with Crippen LogP contribution in [0.5, 0.6) is 5.75 Å². The fraction of sp³-hybridized carbons (Fsp3) is 0.457. The highest BCUT2D eigenvalue weighted by molar-refractivity contribution is 7.98. The highest BCUT2D eigenvalue weighted by Crippen LogP contribution is 2.32. The highest BCUT2D eigenvalue weighted by atomic mass is 32.2. The number of primary amides is 1. The van der Waals surface area contributed by atoms with E-state index in [-0.39, 0.29) is 69.5 Å². The SMILES string of the molecule is CC[C@H](C)[C@@H]1NC(=O)[C@@H]2CCCN2C(=O)[C@H](Cc2c[nH]c3ccc(F)cc23)NC(=O)[C@H](Cc2c[nH]c3ccc(F)cc23)NC(=O)CNC(=O)[C@H](CCCCN)NC(=O)CCSCc2cccc(c2)CSC[C@@H](C(N)=O)NC(=O)[C@]2(C)CCCN2C(=O)[C@H](Cc2ccc(O)cc2)NC1=O. The van der Waals surface area contributed by atoms with E-state index in [0.29, 0.717) is 94.4 Å². The highest BCUT2D eigenvalue weighted by Gasteiger charge is 2.49. The van der Waals surface area contributed by atoms with E-state index in [1.165, 1.54) is 81.9 Å². The Bertz CT molecular complexity index is 3890. The quantitative estimate of drug-likeness (QED) is 0.0718. The number of carbonyl (C=O) groups excluding carboxylic acids is 10. The van der Waals surface area contributed by atoms with Crippen LogP contribution >= 0.6 is 23.5 Å². The number of phenols is 1. The fourth-order valence-corrected chi connectivity index (χ4v) is 14.7. The molecule has 14 N–H and O–H groups in total. The van der Waals surface area contributed by atoms with Gasteiger partial charge in [-0.05, 0) is 141 Å². The molecule has 5 heterocycles. The molecule has 3 aliphatic rings. The van der Waals surface area contributed by atoms with Crippen LogP contribution < -0.4 is 48.7 Å². The number of aromatic hydroxyl groups is 1. The topological polar surface area (TPSA) is 365 Å². The fourth-order valence-electron chi connectivity index (χ4n) is 12.8. The van der Waals surface area contributed by atoms with E-state index in [1.54, 1.807) is 38.4 Å². The minimum Gasteiger partial charge on any atom is -0.508 e. The Hall–Kier alpha value is -9.02. The Morgan fingerprint density at radius 3 is 1.97 bits per heavy atom. The van der Waals surface area contributed by atoms with Gasteiger partial charge in [-0.25, -0.2) is 8.78 Å². The van der Waals surface area contributed by atoms with E-state index in [2.05, 4.69) is 47.2 Å². The van der Waals surface area contributed by atoms with Crippen molar-refractivity contribution in [3.8, 4) is 5.75 Å². The van der Waals surface area contributed by atoms with Crippen LogP contribution in [0.2, 0.25) is 0 Å². The van der Waals surface area contributed by atoms with Gasteiger partial charge in [0.15, 0.2) is 0 Å². The number of hydrogen-bond acceptors (Lipinski definition) is 14. The summed E-state index contributed by atoms with van der Waals surface area (Å²) in [6.07, 6.45) is 5.06. The summed E-state index contributed by atoms with van der Waals surface area (Å²) in [7, 11) is 0. The second kappa shape index (κ2) is 34.0. The number of nitrogens with two attached hydrogens (primary N) is 2. The van der Waals surface area contributed by atoms with Crippen LogP contribution in [-0.2, 0) is 78.7 Å². The van der Waals surface area contributed by atoms with Crippen molar-refractivity contribution in [1.29, 1.82) is 0 Å². The molecule has 9 atom stereocenters. The summed E-state index contributed by atoms with van der Waals surface area (Å²) in [5.41, 5.74) is 14.4. The van der Waals surface area contributed by atoms with Crippen molar-refractivity contribution < 1.29 is 61.8 Å². The minimum absolute atomic E-state index is 0.0120. The number of aromatic nitrogens is 2. The monoisotopic (exact) mass is 1390 g/mol. The van der Waals surface area contributed by atoms with E-state index in [4.69, 9.17) is 11.5 Å². The maximum absolute atomic E-state index is 15.5. The zero-order valence-electron chi connectivity index (χ0n) is 55.1. The summed E-state index contributed by atoms with van der Waals surface area (Å²) in [6, 6.07) is 12.7. The van der Waals surface area contributed by atoms with Gasteiger partial charge in [0, 0.05) is 96.0 Å². The lowest BCUT2D eigenvalue weighted by Crippen LogP contribution is -2.63. The molecule has 9 rings (SSSR count). The molecule has 24 nitrogen and oxygen atoms in total. The lowest BCUT2D eigenvalue weighted by Gasteiger charge is -2.37. The average molecular weight is 1390 g/mol. The van der Waals surface area contributed by atoms with Crippen molar-refractivity contribution in [2.75, 3.05) is 37.7 Å². The number of nitrogens with one attached hydrogen (secondary N) is 9. The number of aromatic amines is 2. The summed E-state index contributed by atoms with van der Waals surface area (Å²) in [5, 5.41) is 30.5. The molecule has 4 aromatic carbocycles. The zero-order chi connectivity index (χ0) is 70.2. The molecule has 0 unspecified atom stereocenters. The van der Waals surface area contributed by atoms with E-state index in [0.717, 1.165) is 11.1 Å². The lowest BCUT2D eigenvalue weighted by atomic mass is 9.94. The number of hydrogen-bond donors (Lipinski definition) is 12. The number of nitrogens with zero attached hydrogens (tertiary/aromatic N) is 2. The normalized spacial score (nSPS) is 24.1. The first-order valence-electron chi connectivity index (χ1n) is 33.2. The summed E-state index contributed by atoms with van der Waals surface area (Å²) in [5.74, 6) is -7.46. The largest absolute Gasteiger partial charge is 0.508 e. The molecule has 0 spiro atoms. The third-order valence-electron chi connectivity index (χ3n) is 18.5. The molecule has 2 fully saturated rings. The van der Waals surface area contributed by atoms with Crippen LogP contribution in [0.4, 0.5) is 8.78 Å². The van der Waals surface area contributed by atoms with Gasteiger partial charge in [-0.3, -0.25) is 47.9 Å². The van der Waals surface area contributed by atoms with Crippen LogP contribution in [0.3, 0.4) is 0 Å². The van der Waals surface area contributed by atoms with Crippen LogP contribution in [0, 0.1) is 17.6 Å². The molecule has 0 saturated carbocycles. The second-order valence-corrected chi connectivity index (χ2v) is 27.8. The summed E-state index contributed by atoms with van der Waals surface area (Å²) < 4.78 is 29.9. The first kappa shape index (κ1) is 73.2. The predicted octanol–water partition coefficient (Wildman–Crippen LogP) is 4.29. The van der Waals surface area contributed by atoms with Gasteiger partial charge in [-0.1, -0.05) is 56.7 Å². The number of benzene rings is 4. The van der Waals surface area contributed by atoms with Crippen molar-refractivity contribution in [1.82, 2.24) is 57.0 Å². The number of unbranched alkanes of at least 4 members (excludes halogenated alkanes) is 1. The molecule has 3 aliphatic heterocycles. The van der Waals surface area contributed by atoms with Crippen molar-refractivity contribution >= 4 is 104 Å². The van der Waals surface area contributed by atoms with Crippen molar-refractivity contribution in [2.45, 2.75) is 157 Å². The zero-order valence-corrected chi connectivity index (χ0v) is 56.8. The molecule has 2 bridgehead atoms. The molecular weight excluding hydrogens is 1300 g/mol. The third kappa shape index (κ3) is 18.8. The Morgan fingerprint density at radius 2 is 1.32 bits per heavy atom. The minimum atomic E-state index is -1.52. The number of fused-ring (bicyclic) bond motifs is 6. The van der Waals surface area contributed by atoms with Crippen LogP contribution in [0.15, 0.2) is 97.3 Å². The van der Waals surface area contributed by atoms with Gasteiger partial charge >= 0.3 is 0 Å². The molecular formula is C70H87F2N13O11S2. The number of amides is 10. The van der Waals surface area contributed by atoms with Crippen molar-refractivity contribution in [2.24, 2.45) is 17.4 Å². The molecule has 524 valence electrons. The van der Waals surface area contributed by atoms with Crippen LogP contribution in [0.25, 0.3) is 21.8 Å². The molecule has 0 aliphatic carbocycles. The molecule has 0 radical (unpaired) electrons. The number of carbonyl (C=O) groups is 10. The summed E-state index contributed by atoms with van der Waals surface area (Å²) >= 11 is 2.86. The Morgan fingerprint density at radius 1 is 0.684 bits per heavy atom. The Kier molecular flexibility index (Phi) is 25.4. The van der Waals surface area contributed by atoms with Crippen molar-refractivity contribution in [3.05, 3.63) is 137 Å². The van der Waals surface area contributed by atoms with Gasteiger partial charge in [-0.2, -0.15) is 23.5 Å². The first-order chi connectivity index (χ1) is 47.0. The predicted molar refractivity (Wildman–Crippen MR) is 369 cm³/mol. The number of rotatable bonds is 13. The molecule has 6 aromatic rings. The number of thioether (sulfide) groups is 2. The average Bonchev–Trinajstić information content (AvgIpc) is 1.60. The second-order valence-electron chi connectivity index (χ2n) is 25.6. The number of H-pyrrole nitrogens is 2. The number of phenolic OH excluding ortho intramolecular Hbond substituents is 1. The van der Waals surface area contributed by atoms with Gasteiger partial charge in [0.2, 0.25) is 59.1 Å². The van der Waals surface area contributed by atoms with Gasteiger partial charge < -0.3 is 73.6 Å². The third-order valence-corrected chi connectivity index (χ3v) is 20.7. The summed E-state index contributed by atoms with van der Waals surface area (Å²) in [6.45, 7) is 4.91. The van der Waals surface area contributed by atoms with Crippen molar-refractivity contribution in [3.63, 3.8) is 0 Å². The van der Waals surface area contributed by atoms with Gasteiger partial charge in [0.25, 0.3) is 0 Å². The van der Waals surface area contributed by atoms with Gasteiger partial charge in [0.1, 0.15) is 65.2 Å². The maximum atomic E-state index is 15.5. The molecule has 28 heteroatoms. The smallest absolute Gasteiger partial charge is 0.246 e.